The summed E-state index contributed by atoms with van der Waals surface area (Å²) in [7, 11) is 0. The first-order chi connectivity index (χ1) is 7.55. The SMILES string of the molecule is Fc1cnc(OC2CCC(F)(F)CC2)nc1. The Balaban J connectivity index is 1.89. The predicted octanol–water partition coefficient (Wildman–Crippen LogP) is 2.57. The maximum absolute atomic E-state index is 12.8. The minimum atomic E-state index is -2.58. The van der Waals surface area contributed by atoms with Gasteiger partial charge in [0.2, 0.25) is 5.92 Å². The van der Waals surface area contributed by atoms with E-state index in [4.69, 9.17) is 4.74 Å². The molecule has 0 amide bonds. The summed E-state index contributed by atoms with van der Waals surface area (Å²) in [4.78, 5) is 7.23. The number of hydrogen-bond acceptors (Lipinski definition) is 3. The molecule has 0 saturated heterocycles. The van der Waals surface area contributed by atoms with Crippen molar-refractivity contribution in [3.8, 4) is 6.01 Å². The van der Waals surface area contributed by atoms with Crippen LogP contribution in [0.4, 0.5) is 13.2 Å². The van der Waals surface area contributed by atoms with E-state index in [9.17, 15) is 13.2 Å². The minimum Gasteiger partial charge on any atom is -0.460 e. The Bertz CT molecular complexity index is 346. The van der Waals surface area contributed by atoms with Crippen LogP contribution in [0.2, 0.25) is 0 Å². The van der Waals surface area contributed by atoms with Crippen LogP contribution in [0.5, 0.6) is 6.01 Å². The highest BCUT2D eigenvalue weighted by Crippen LogP contribution is 2.34. The molecule has 2 rings (SSSR count). The van der Waals surface area contributed by atoms with Crippen LogP contribution in [0.15, 0.2) is 12.4 Å². The second-order valence-corrected chi connectivity index (χ2v) is 3.86. The van der Waals surface area contributed by atoms with Gasteiger partial charge in [-0.1, -0.05) is 0 Å². The molecule has 16 heavy (non-hydrogen) atoms. The van der Waals surface area contributed by atoms with Gasteiger partial charge in [-0.2, -0.15) is 0 Å². The lowest BCUT2D eigenvalue weighted by molar-refractivity contribution is -0.0594. The molecule has 3 nitrogen and oxygen atoms in total. The van der Waals surface area contributed by atoms with Gasteiger partial charge in [0.25, 0.3) is 0 Å². The third-order valence-electron chi connectivity index (χ3n) is 2.53. The number of aromatic nitrogens is 2. The van der Waals surface area contributed by atoms with E-state index >= 15 is 0 Å². The topological polar surface area (TPSA) is 35.0 Å². The van der Waals surface area contributed by atoms with Gasteiger partial charge in [0.15, 0.2) is 5.82 Å². The van der Waals surface area contributed by atoms with Gasteiger partial charge in [-0.25, -0.2) is 23.1 Å². The van der Waals surface area contributed by atoms with E-state index in [-0.39, 0.29) is 37.8 Å². The van der Waals surface area contributed by atoms with Crippen LogP contribution in [-0.4, -0.2) is 22.0 Å². The molecule has 1 heterocycles. The largest absolute Gasteiger partial charge is 0.460 e. The predicted molar refractivity (Wildman–Crippen MR) is 49.8 cm³/mol. The molecule has 0 N–H and O–H groups in total. The van der Waals surface area contributed by atoms with Gasteiger partial charge in [0, 0.05) is 12.8 Å². The molecule has 88 valence electrons. The molecular formula is C10H11F3N2O. The van der Waals surface area contributed by atoms with Gasteiger partial charge in [0.1, 0.15) is 6.10 Å². The van der Waals surface area contributed by atoms with Crippen LogP contribution < -0.4 is 4.74 Å². The Morgan fingerprint density at radius 3 is 2.31 bits per heavy atom. The zero-order valence-corrected chi connectivity index (χ0v) is 8.50. The van der Waals surface area contributed by atoms with Crippen LogP contribution in [0.25, 0.3) is 0 Å². The number of hydrogen-bond donors (Lipinski definition) is 0. The summed E-state index contributed by atoms with van der Waals surface area (Å²) < 4.78 is 43.4. The first kappa shape index (κ1) is 11.2. The highest BCUT2D eigenvalue weighted by atomic mass is 19.3. The summed E-state index contributed by atoms with van der Waals surface area (Å²) in [6.07, 6.45) is 1.85. The third kappa shape index (κ3) is 2.84. The molecule has 1 aliphatic carbocycles. The second-order valence-electron chi connectivity index (χ2n) is 3.86. The molecule has 1 aromatic heterocycles. The molecule has 0 radical (unpaired) electrons. The highest BCUT2D eigenvalue weighted by molar-refractivity contribution is 4.97. The quantitative estimate of drug-likeness (QED) is 0.786. The fraction of sp³-hybridized carbons (Fsp3) is 0.600. The molecule has 0 bridgehead atoms. The Labute approximate surface area is 90.7 Å². The Hall–Kier alpha value is -1.33. The highest BCUT2D eigenvalue weighted by Gasteiger charge is 2.35. The van der Waals surface area contributed by atoms with Crippen molar-refractivity contribution in [1.29, 1.82) is 0 Å². The molecule has 1 saturated carbocycles. The van der Waals surface area contributed by atoms with E-state index in [1.165, 1.54) is 0 Å². The van der Waals surface area contributed by atoms with Crippen LogP contribution in [0.3, 0.4) is 0 Å². The van der Waals surface area contributed by atoms with E-state index in [0.717, 1.165) is 12.4 Å². The number of halogens is 3. The maximum Gasteiger partial charge on any atom is 0.316 e. The first-order valence-electron chi connectivity index (χ1n) is 5.07. The Morgan fingerprint density at radius 1 is 1.19 bits per heavy atom. The average molecular weight is 232 g/mol. The van der Waals surface area contributed by atoms with E-state index in [2.05, 4.69) is 9.97 Å². The first-order valence-corrected chi connectivity index (χ1v) is 5.07. The lowest BCUT2D eigenvalue weighted by atomic mass is 9.94. The number of rotatable bonds is 2. The fourth-order valence-corrected chi connectivity index (χ4v) is 1.64. The van der Waals surface area contributed by atoms with Crippen molar-refractivity contribution in [1.82, 2.24) is 9.97 Å². The lowest BCUT2D eigenvalue weighted by Crippen LogP contribution is -2.31. The van der Waals surface area contributed by atoms with Crippen molar-refractivity contribution in [2.24, 2.45) is 0 Å². The van der Waals surface area contributed by atoms with Crippen LogP contribution in [-0.2, 0) is 0 Å². The van der Waals surface area contributed by atoms with Crippen molar-refractivity contribution < 1.29 is 17.9 Å². The van der Waals surface area contributed by atoms with Gasteiger partial charge in [-0.05, 0) is 12.8 Å². The zero-order chi connectivity index (χ0) is 11.6. The van der Waals surface area contributed by atoms with Crippen molar-refractivity contribution in [3.05, 3.63) is 18.2 Å². The summed E-state index contributed by atoms with van der Waals surface area (Å²) in [6.45, 7) is 0. The molecule has 0 aliphatic heterocycles. The van der Waals surface area contributed by atoms with E-state index < -0.39 is 11.7 Å². The number of ether oxygens (including phenoxy) is 1. The van der Waals surface area contributed by atoms with Crippen LogP contribution in [0.1, 0.15) is 25.7 Å². The summed E-state index contributed by atoms with van der Waals surface area (Å²) in [5.74, 6) is -3.13. The summed E-state index contributed by atoms with van der Waals surface area (Å²) >= 11 is 0. The lowest BCUT2D eigenvalue weighted by Gasteiger charge is -2.27. The number of nitrogens with zero attached hydrogens (tertiary/aromatic N) is 2. The second kappa shape index (κ2) is 4.27. The molecule has 0 aromatic carbocycles. The van der Waals surface area contributed by atoms with E-state index in [1.807, 2.05) is 0 Å². The molecule has 1 fully saturated rings. The van der Waals surface area contributed by atoms with E-state index in [0.29, 0.717) is 0 Å². The number of alkyl halides is 2. The van der Waals surface area contributed by atoms with Crippen molar-refractivity contribution in [3.63, 3.8) is 0 Å². The monoisotopic (exact) mass is 232 g/mol. The molecule has 0 spiro atoms. The standard InChI is InChI=1S/C10H11F3N2O/c11-7-5-14-9(15-6-7)16-8-1-3-10(12,13)4-2-8/h5-6,8H,1-4H2. The van der Waals surface area contributed by atoms with Gasteiger partial charge in [-0.3, -0.25) is 0 Å². The van der Waals surface area contributed by atoms with Gasteiger partial charge < -0.3 is 4.74 Å². The average Bonchev–Trinajstić information content (AvgIpc) is 2.24. The normalized spacial score (nSPS) is 20.7. The van der Waals surface area contributed by atoms with Gasteiger partial charge in [0.05, 0.1) is 12.4 Å². The third-order valence-corrected chi connectivity index (χ3v) is 2.53. The molecule has 0 atom stereocenters. The maximum atomic E-state index is 12.8. The molecule has 1 aliphatic rings. The van der Waals surface area contributed by atoms with Crippen LogP contribution in [0, 0.1) is 5.82 Å². The van der Waals surface area contributed by atoms with Crippen molar-refractivity contribution in [2.75, 3.05) is 0 Å². The summed E-state index contributed by atoms with van der Waals surface area (Å²) in [5, 5.41) is 0. The molecule has 1 aromatic rings. The van der Waals surface area contributed by atoms with Crippen molar-refractivity contribution in [2.45, 2.75) is 37.7 Å². The molecular weight excluding hydrogens is 221 g/mol. The molecule has 0 unspecified atom stereocenters. The summed E-state index contributed by atoms with van der Waals surface area (Å²) in [6, 6.07) is 0.0385. The van der Waals surface area contributed by atoms with Crippen LogP contribution >= 0.6 is 0 Å². The molecule has 6 heteroatoms. The van der Waals surface area contributed by atoms with Gasteiger partial charge >= 0.3 is 6.01 Å². The smallest absolute Gasteiger partial charge is 0.316 e. The minimum absolute atomic E-state index is 0.0385. The van der Waals surface area contributed by atoms with Gasteiger partial charge in [-0.15, -0.1) is 0 Å². The zero-order valence-electron chi connectivity index (χ0n) is 8.50. The van der Waals surface area contributed by atoms with E-state index in [1.54, 1.807) is 0 Å². The Kier molecular flexibility index (Phi) is 2.98. The van der Waals surface area contributed by atoms with Crippen molar-refractivity contribution >= 4 is 0 Å². The Morgan fingerprint density at radius 2 is 1.75 bits per heavy atom. The fourth-order valence-electron chi connectivity index (χ4n) is 1.64. The summed E-state index contributed by atoms with van der Waals surface area (Å²) in [5.41, 5.74) is 0.